The van der Waals surface area contributed by atoms with Crippen molar-refractivity contribution in [2.24, 2.45) is 0 Å². The van der Waals surface area contributed by atoms with E-state index in [1.165, 1.54) is 7.11 Å². The van der Waals surface area contributed by atoms with Gasteiger partial charge in [0.1, 0.15) is 11.8 Å². The van der Waals surface area contributed by atoms with Crippen LogP contribution in [0.15, 0.2) is 18.2 Å². The van der Waals surface area contributed by atoms with E-state index in [4.69, 9.17) is 16.3 Å². The molecule has 1 aliphatic rings. The summed E-state index contributed by atoms with van der Waals surface area (Å²) in [6, 6.07) is 4.67. The van der Waals surface area contributed by atoms with Crippen molar-refractivity contribution < 1.29 is 14.3 Å². The van der Waals surface area contributed by atoms with Gasteiger partial charge in [-0.2, -0.15) is 0 Å². The SMILES string of the molecule is CCC1NC(=O)CCN(c2ccc(Cl)c(OC)c2)C1=O. The van der Waals surface area contributed by atoms with Crippen molar-refractivity contribution >= 4 is 29.1 Å². The Bertz CT molecular complexity index is 533. The summed E-state index contributed by atoms with van der Waals surface area (Å²) in [4.78, 5) is 25.7. The molecule has 0 saturated carbocycles. The molecule has 1 aliphatic heterocycles. The molecule has 6 heteroatoms. The Morgan fingerprint density at radius 3 is 2.85 bits per heavy atom. The van der Waals surface area contributed by atoms with Crippen LogP contribution in [-0.2, 0) is 9.59 Å². The number of halogens is 1. The number of hydrogen-bond donors (Lipinski definition) is 1. The summed E-state index contributed by atoms with van der Waals surface area (Å²) in [5.41, 5.74) is 0.686. The number of nitrogens with zero attached hydrogens (tertiary/aromatic N) is 1. The molecule has 1 aromatic rings. The van der Waals surface area contributed by atoms with Gasteiger partial charge >= 0.3 is 0 Å². The van der Waals surface area contributed by atoms with Crippen molar-refractivity contribution in [2.45, 2.75) is 25.8 Å². The predicted molar refractivity (Wildman–Crippen MR) is 77.2 cm³/mol. The maximum atomic E-state index is 12.4. The number of amides is 2. The van der Waals surface area contributed by atoms with Crippen LogP contribution in [0.3, 0.4) is 0 Å². The van der Waals surface area contributed by atoms with Crippen LogP contribution in [0.2, 0.25) is 5.02 Å². The molecule has 0 spiro atoms. The van der Waals surface area contributed by atoms with Crippen molar-refractivity contribution in [3.8, 4) is 5.75 Å². The second-order valence-corrected chi connectivity index (χ2v) is 4.99. The number of benzene rings is 1. The molecule has 1 fully saturated rings. The zero-order chi connectivity index (χ0) is 14.7. The van der Waals surface area contributed by atoms with Gasteiger partial charge in [-0.05, 0) is 18.6 Å². The van der Waals surface area contributed by atoms with E-state index in [-0.39, 0.29) is 18.2 Å². The molecule has 2 amide bonds. The van der Waals surface area contributed by atoms with Crippen LogP contribution in [0.1, 0.15) is 19.8 Å². The number of rotatable bonds is 3. The molecule has 0 aromatic heterocycles. The Hall–Kier alpha value is -1.75. The van der Waals surface area contributed by atoms with Crippen LogP contribution in [0, 0.1) is 0 Å². The summed E-state index contributed by atoms with van der Waals surface area (Å²) in [5.74, 6) is 0.296. The average Bonchev–Trinajstić information content (AvgIpc) is 2.59. The van der Waals surface area contributed by atoms with Crippen LogP contribution >= 0.6 is 11.6 Å². The molecule has 5 nitrogen and oxygen atoms in total. The number of carbonyl (C=O) groups excluding carboxylic acids is 2. The van der Waals surface area contributed by atoms with Gasteiger partial charge in [0.15, 0.2) is 0 Å². The third-order valence-corrected chi connectivity index (χ3v) is 3.63. The molecule has 1 saturated heterocycles. The van der Waals surface area contributed by atoms with E-state index in [0.717, 1.165) is 0 Å². The molecule has 20 heavy (non-hydrogen) atoms. The zero-order valence-corrected chi connectivity index (χ0v) is 12.2. The minimum Gasteiger partial charge on any atom is -0.495 e. The standard InChI is InChI=1S/C14H17ClN2O3/c1-3-11-14(19)17(7-6-13(18)16-11)9-4-5-10(15)12(8-9)20-2/h4-5,8,11H,3,6-7H2,1-2H3,(H,16,18). The van der Waals surface area contributed by atoms with E-state index < -0.39 is 6.04 Å². The quantitative estimate of drug-likeness (QED) is 0.928. The highest BCUT2D eigenvalue weighted by atomic mass is 35.5. The summed E-state index contributed by atoms with van der Waals surface area (Å²) in [7, 11) is 1.52. The molecule has 1 N–H and O–H groups in total. The van der Waals surface area contributed by atoms with Gasteiger partial charge in [-0.25, -0.2) is 0 Å². The second kappa shape index (κ2) is 6.13. The first-order valence-electron chi connectivity index (χ1n) is 6.51. The Morgan fingerprint density at radius 1 is 1.45 bits per heavy atom. The minimum atomic E-state index is -0.480. The van der Waals surface area contributed by atoms with Crippen LogP contribution in [0.5, 0.6) is 5.75 Å². The Labute approximate surface area is 122 Å². The van der Waals surface area contributed by atoms with Gasteiger partial charge in [-0.1, -0.05) is 18.5 Å². The molecule has 1 atom stereocenters. The first-order chi connectivity index (χ1) is 9.56. The second-order valence-electron chi connectivity index (χ2n) is 4.59. The maximum absolute atomic E-state index is 12.4. The smallest absolute Gasteiger partial charge is 0.249 e. The van der Waals surface area contributed by atoms with E-state index >= 15 is 0 Å². The summed E-state index contributed by atoms with van der Waals surface area (Å²) in [6.07, 6.45) is 0.846. The lowest BCUT2D eigenvalue weighted by molar-refractivity contribution is -0.125. The van der Waals surface area contributed by atoms with Gasteiger partial charge in [-0.3, -0.25) is 9.59 Å². The first kappa shape index (κ1) is 14.7. The molecule has 1 heterocycles. The van der Waals surface area contributed by atoms with Crippen molar-refractivity contribution in [2.75, 3.05) is 18.6 Å². The molecule has 1 aromatic carbocycles. The van der Waals surface area contributed by atoms with E-state index in [1.54, 1.807) is 23.1 Å². The fourth-order valence-electron chi connectivity index (χ4n) is 2.19. The van der Waals surface area contributed by atoms with Gasteiger partial charge in [-0.15, -0.1) is 0 Å². The summed E-state index contributed by atoms with van der Waals surface area (Å²) < 4.78 is 5.16. The van der Waals surface area contributed by atoms with E-state index in [9.17, 15) is 9.59 Å². The Morgan fingerprint density at radius 2 is 2.20 bits per heavy atom. The number of methoxy groups -OCH3 is 1. The molecule has 108 valence electrons. The Balaban J connectivity index is 2.34. The largest absolute Gasteiger partial charge is 0.495 e. The lowest BCUT2D eigenvalue weighted by Gasteiger charge is -2.24. The van der Waals surface area contributed by atoms with E-state index in [2.05, 4.69) is 5.32 Å². The third-order valence-electron chi connectivity index (χ3n) is 3.32. The molecule has 0 bridgehead atoms. The summed E-state index contributed by atoms with van der Waals surface area (Å²) in [5, 5.41) is 3.22. The monoisotopic (exact) mass is 296 g/mol. The van der Waals surface area contributed by atoms with Crippen molar-refractivity contribution in [3.63, 3.8) is 0 Å². The lowest BCUT2D eigenvalue weighted by Crippen LogP contribution is -2.44. The van der Waals surface area contributed by atoms with Crippen molar-refractivity contribution in [3.05, 3.63) is 23.2 Å². The fourth-order valence-corrected chi connectivity index (χ4v) is 2.38. The molecule has 1 unspecified atom stereocenters. The van der Waals surface area contributed by atoms with Crippen LogP contribution < -0.4 is 15.0 Å². The zero-order valence-electron chi connectivity index (χ0n) is 11.5. The highest BCUT2D eigenvalue weighted by Crippen LogP contribution is 2.30. The van der Waals surface area contributed by atoms with E-state index in [0.29, 0.717) is 29.4 Å². The number of nitrogens with one attached hydrogen (secondary N) is 1. The molecule has 0 aliphatic carbocycles. The fraction of sp³-hybridized carbons (Fsp3) is 0.429. The Kier molecular flexibility index (Phi) is 4.49. The molecular weight excluding hydrogens is 280 g/mol. The highest BCUT2D eigenvalue weighted by molar-refractivity contribution is 6.32. The normalized spacial score (nSPS) is 19.6. The van der Waals surface area contributed by atoms with Crippen LogP contribution in [0.25, 0.3) is 0 Å². The minimum absolute atomic E-state index is 0.103. The van der Waals surface area contributed by atoms with Gasteiger partial charge in [0.25, 0.3) is 0 Å². The van der Waals surface area contributed by atoms with Crippen molar-refractivity contribution in [1.29, 1.82) is 0 Å². The van der Waals surface area contributed by atoms with Crippen LogP contribution in [-0.4, -0.2) is 31.5 Å². The topological polar surface area (TPSA) is 58.6 Å². The van der Waals surface area contributed by atoms with Crippen molar-refractivity contribution in [1.82, 2.24) is 5.32 Å². The predicted octanol–water partition coefficient (Wildman–Crippen LogP) is 1.98. The summed E-state index contributed by atoms with van der Waals surface area (Å²) >= 11 is 5.99. The summed E-state index contributed by atoms with van der Waals surface area (Å²) in [6.45, 7) is 2.22. The van der Waals surface area contributed by atoms with Gasteiger partial charge in [0.05, 0.1) is 12.1 Å². The number of hydrogen-bond acceptors (Lipinski definition) is 3. The average molecular weight is 297 g/mol. The maximum Gasteiger partial charge on any atom is 0.249 e. The van der Waals surface area contributed by atoms with Crippen LogP contribution in [0.4, 0.5) is 5.69 Å². The highest BCUT2D eigenvalue weighted by Gasteiger charge is 2.29. The number of anilines is 1. The first-order valence-corrected chi connectivity index (χ1v) is 6.89. The third kappa shape index (κ3) is 2.88. The lowest BCUT2D eigenvalue weighted by atomic mass is 10.2. The van der Waals surface area contributed by atoms with E-state index in [1.807, 2.05) is 6.92 Å². The van der Waals surface area contributed by atoms with Gasteiger partial charge in [0.2, 0.25) is 11.8 Å². The van der Waals surface area contributed by atoms with Gasteiger partial charge < -0.3 is 15.0 Å². The number of ether oxygens (including phenoxy) is 1. The number of carbonyl (C=O) groups is 2. The molecule has 0 radical (unpaired) electrons. The van der Waals surface area contributed by atoms with Gasteiger partial charge in [0, 0.05) is 24.7 Å². The molecule has 2 rings (SSSR count). The molecular formula is C14H17ClN2O3.